The fourth-order valence-electron chi connectivity index (χ4n) is 0.962. The Bertz CT molecular complexity index is 457. The lowest BCUT2D eigenvalue weighted by Gasteiger charge is -2.00. The maximum atomic E-state index is 10.6. The Hall–Kier alpha value is -2.13. The zero-order chi connectivity index (χ0) is 11.6. The maximum Gasteiger partial charge on any atom is 0.337 e. The molecule has 7 heteroatoms. The molecular formula is C8H3ClN2O4. The molecule has 0 saturated carbocycles. The summed E-state index contributed by atoms with van der Waals surface area (Å²) in [5.74, 6) is -1.42. The standard InChI is InChI=1S/C8H3ClN2O4/c9-7-5(8(12)13)1-4(3-10)2-6(7)11(14)15/h1-2H,(H,12,13). The minimum atomic E-state index is -1.42. The van der Waals surface area contributed by atoms with Crippen LogP contribution in [-0.4, -0.2) is 16.0 Å². The van der Waals surface area contributed by atoms with Gasteiger partial charge in [0.25, 0.3) is 5.69 Å². The Labute approximate surface area is 88.5 Å². The van der Waals surface area contributed by atoms with Gasteiger partial charge in [0, 0.05) is 6.07 Å². The Kier molecular flexibility index (Phi) is 2.87. The number of carboxylic acid groups (broad SMARTS) is 1. The van der Waals surface area contributed by atoms with Crippen molar-refractivity contribution in [3.63, 3.8) is 0 Å². The van der Waals surface area contributed by atoms with E-state index in [1.807, 2.05) is 0 Å². The molecule has 0 saturated heterocycles. The smallest absolute Gasteiger partial charge is 0.337 e. The van der Waals surface area contributed by atoms with Crippen LogP contribution in [0.5, 0.6) is 0 Å². The summed E-state index contributed by atoms with van der Waals surface area (Å²) in [4.78, 5) is 20.3. The van der Waals surface area contributed by atoms with E-state index in [9.17, 15) is 14.9 Å². The van der Waals surface area contributed by atoms with Gasteiger partial charge in [-0.2, -0.15) is 5.26 Å². The number of carboxylic acids is 1. The summed E-state index contributed by atoms with van der Waals surface area (Å²) in [6, 6.07) is 3.53. The van der Waals surface area contributed by atoms with Gasteiger partial charge in [0.15, 0.2) is 0 Å². The van der Waals surface area contributed by atoms with Gasteiger partial charge in [-0.25, -0.2) is 4.79 Å². The summed E-state index contributed by atoms with van der Waals surface area (Å²) >= 11 is 5.50. The van der Waals surface area contributed by atoms with Crippen molar-refractivity contribution in [1.29, 1.82) is 5.26 Å². The molecule has 1 aromatic carbocycles. The van der Waals surface area contributed by atoms with Crippen LogP contribution >= 0.6 is 11.6 Å². The molecule has 1 rings (SSSR count). The average molecular weight is 227 g/mol. The van der Waals surface area contributed by atoms with Gasteiger partial charge < -0.3 is 5.11 Å². The summed E-state index contributed by atoms with van der Waals surface area (Å²) < 4.78 is 0. The molecule has 6 nitrogen and oxygen atoms in total. The largest absolute Gasteiger partial charge is 0.478 e. The second kappa shape index (κ2) is 3.94. The Balaban J connectivity index is 3.56. The van der Waals surface area contributed by atoms with E-state index in [-0.39, 0.29) is 5.56 Å². The number of aromatic carboxylic acids is 1. The third kappa shape index (κ3) is 2.03. The zero-order valence-electron chi connectivity index (χ0n) is 7.10. The second-order valence-electron chi connectivity index (χ2n) is 2.53. The van der Waals surface area contributed by atoms with Crippen LogP contribution in [0.15, 0.2) is 12.1 Å². The van der Waals surface area contributed by atoms with Gasteiger partial charge in [0.1, 0.15) is 5.02 Å². The van der Waals surface area contributed by atoms with Crippen LogP contribution in [0.25, 0.3) is 0 Å². The zero-order valence-corrected chi connectivity index (χ0v) is 7.85. The normalized spacial score (nSPS) is 9.33. The highest BCUT2D eigenvalue weighted by atomic mass is 35.5. The summed E-state index contributed by atoms with van der Waals surface area (Å²) in [7, 11) is 0. The topological polar surface area (TPSA) is 104 Å². The van der Waals surface area contributed by atoms with E-state index < -0.39 is 27.2 Å². The first-order valence-electron chi connectivity index (χ1n) is 3.58. The van der Waals surface area contributed by atoms with Crippen LogP contribution in [0.4, 0.5) is 5.69 Å². The van der Waals surface area contributed by atoms with Gasteiger partial charge in [-0.3, -0.25) is 10.1 Å². The number of hydrogen-bond donors (Lipinski definition) is 1. The maximum absolute atomic E-state index is 10.6. The molecule has 15 heavy (non-hydrogen) atoms. The van der Waals surface area contributed by atoms with Crippen molar-refractivity contribution < 1.29 is 14.8 Å². The average Bonchev–Trinajstić information content (AvgIpc) is 2.17. The molecular weight excluding hydrogens is 224 g/mol. The first kappa shape index (κ1) is 10.9. The minimum absolute atomic E-state index is 0.122. The summed E-state index contributed by atoms with van der Waals surface area (Å²) in [6.07, 6.45) is 0. The van der Waals surface area contributed by atoms with Crippen molar-refractivity contribution >= 4 is 23.3 Å². The Morgan fingerprint density at radius 1 is 1.60 bits per heavy atom. The van der Waals surface area contributed by atoms with Gasteiger partial charge in [-0.1, -0.05) is 11.6 Å². The number of carbonyl (C=O) groups is 1. The number of nitro groups is 1. The second-order valence-corrected chi connectivity index (χ2v) is 2.91. The molecule has 0 amide bonds. The van der Waals surface area contributed by atoms with Gasteiger partial charge in [0.05, 0.1) is 22.1 Å². The lowest BCUT2D eigenvalue weighted by atomic mass is 10.1. The van der Waals surface area contributed by atoms with E-state index in [1.54, 1.807) is 6.07 Å². The Morgan fingerprint density at radius 3 is 2.60 bits per heavy atom. The predicted octanol–water partition coefficient (Wildman–Crippen LogP) is 1.82. The minimum Gasteiger partial charge on any atom is -0.478 e. The van der Waals surface area contributed by atoms with E-state index in [4.69, 9.17) is 22.0 Å². The lowest BCUT2D eigenvalue weighted by Crippen LogP contribution is -2.01. The van der Waals surface area contributed by atoms with Crippen molar-refractivity contribution in [2.24, 2.45) is 0 Å². The van der Waals surface area contributed by atoms with Crippen molar-refractivity contribution in [1.82, 2.24) is 0 Å². The number of benzene rings is 1. The molecule has 0 aliphatic rings. The molecule has 0 aromatic heterocycles. The highest BCUT2D eigenvalue weighted by Crippen LogP contribution is 2.29. The molecule has 0 spiro atoms. The number of nitro benzene ring substituents is 1. The van der Waals surface area contributed by atoms with Gasteiger partial charge in [-0.15, -0.1) is 0 Å². The molecule has 0 fully saturated rings. The van der Waals surface area contributed by atoms with Crippen molar-refractivity contribution in [3.8, 4) is 6.07 Å². The molecule has 0 radical (unpaired) electrons. The number of nitriles is 1. The highest BCUT2D eigenvalue weighted by Gasteiger charge is 2.21. The summed E-state index contributed by atoms with van der Waals surface area (Å²) in [5.41, 5.74) is -1.17. The van der Waals surface area contributed by atoms with Crippen LogP contribution in [0, 0.1) is 21.4 Å². The molecule has 76 valence electrons. The van der Waals surface area contributed by atoms with Crippen molar-refractivity contribution in [2.75, 3.05) is 0 Å². The van der Waals surface area contributed by atoms with Crippen molar-refractivity contribution in [3.05, 3.63) is 38.4 Å². The van der Waals surface area contributed by atoms with Crippen LogP contribution < -0.4 is 0 Å². The lowest BCUT2D eigenvalue weighted by molar-refractivity contribution is -0.384. The molecule has 1 N–H and O–H groups in total. The van der Waals surface area contributed by atoms with E-state index in [2.05, 4.69) is 0 Å². The SMILES string of the molecule is N#Cc1cc(C(=O)O)c(Cl)c([N+](=O)[O-])c1. The third-order valence-corrected chi connectivity index (χ3v) is 2.01. The number of rotatable bonds is 2. The van der Waals surface area contributed by atoms with Gasteiger partial charge >= 0.3 is 5.97 Å². The molecule has 1 aromatic rings. The van der Waals surface area contributed by atoms with Gasteiger partial charge in [-0.05, 0) is 6.07 Å². The van der Waals surface area contributed by atoms with E-state index in [1.165, 1.54) is 0 Å². The third-order valence-electron chi connectivity index (χ3n) is 1.61. The van der Waals surface area contributed by atoms with Gasteiger partial charge in [0.2, 0.25) is 0 Å². The number of nitrogens with zero attached hydrogens (tertiary/aromatic N) is 2. The van der Waals surface area contributed by atoms with E-state index in [0.717, 1.165) is 12.1 Å². The Morgan fingerprint density at radius 2 is 2.20 bits per heavy atom. The predicted molar refractivity (Wildman–Crippen MR) is 49.8 cm³/mol. The molecule has 0 aliphatic carbocycles. The highest BCUT2D eigenvalue weighted by molar-refractivity contribution is 6.35. The van der Waals surface area contributed by atoms with Crippen LogP contribution in [0.3, 0.4) is 0 Å². The van der Waals surface area contributed by atoms with E-state index in [0.29, 0.717) is 0 Å². The molecule has 0 bridgehead atoms. The fourth-order valence-corrected chi connectivity index (χ4v) is 1.22. The molecule has 0 aliphatic heterocycles. The first-order chi connectivity index (χ1) is 6.97. The molecule has 0 atom stereocenters. The molecule has 0 heterocycles. The fraction of sp³-hybridized carbons (Fsp3) is 0. The van der Waals surface area contributed by atoms with Crippen LogP contribution in [0.2, 0.25) is 5.02 Å². The summed E-state index contributed by atoms with van der Waals surface area (Å²) in [5, 5.41) is 27.2. The number of hydrogen-bond acceptors (Lipinski definition) is 4. The van der Waals surface area contributed by atoms with E-state index >= 15 is 0 Å². The first-order valence-corrected chi connectivity index (χ1v) is 3.96. The monoisotopic (exact) mass is 226 g/mol. The van der Waals surface area contributed by atoms with Crippen LogP contribution in [-0.2, 0) is 0 Å². The van der Waals surface area contributed by atoms with Crippen molar-refractivity contribution in [2.45, 2.75) is 0 Å². The quantitative estimate of drug-likeness (QED) is 0.612. The summed E-state index contributed by atoms with van der Waals surface area (Å²) in [6.45, 7) is 0. The van der Waals surface area contributed by atoms with Crippen LogP contribution in [0.1, 0.15) is 15.9 Å². The molecule has 0 unspecified atom stereocenters. The number of halogens is 1.